The Hall–Kier alpha value is -0.320. The molecule has 0 spiro atoms. The van der Waals surface area contributed by atoms with Crippen molar-refractivity contribution in [3.05, 3.63) is 0 Å². The monoisotopic (exact) mass is 474 g/mol. The van der Waals surface area contributed by atoms with Crippen LogP contribution in [-0.4, -0.2) is 126 Å². The quantitative estimate of drug-likeness (QED) is 0.319. The van der Waals surface area contributed by atoms with Gasteiger partial charge in [-0.1, -0.05) is 0 Å². The van der Waals surface area contributed by atoms with E-state index in [4.69, 9.17) is 28.4 Å². The van der Waals surface area contributed by atoms with Crippen LogP contribution in [0.15, 0.2) is 0 Å². The van der Waals surface area contributed by atoms with Gasteiger partial charge in [0.1, 0.15) is 0 Å². The van der Waals surface area contributed by atoms with E-state index in [-0.39, 0.29) is 23.9 Å². The van der Waals surface area contributed by atoms with Crippen molar-refractivity contribution in [1.82, 2.24) is 9.80 Å². The Morgan fingerprint density at radius 1 is 0.818 bits per heavy atom. The minimum absolute atomic E-state index is 0.230. The Labute approximate surface area is 202 Å². The number of rotatable bonds is 17. The van der Waals surface area contributed by atoms with Crippen LogP contribution in [0.2, 0.25) is 0 Å². The van der Waals surface area contributed by atoms with Crippen LogP contribution in [0.4, 0.5) is 0 Å². The van der Waals surface area contributed by atoms with Crippen LogP contribution in [0.3, 0.4) is 0 Å². The van der Waals surface area contributed by atoms with Crippen molar-refractivity contribution in [3.63, 3.8) is 0 Å². The number of ether oxygens (including phenoxy) is 6. The van der Waals surface area contributed by atoms with Gasteiger partial charge in [-0.05, 0) is 47.0 Å². The minimum atomic E-state index is -0.230. The molecule has 8 nitrogen and oxygen atoms in total. The number of hydrogen-bond donors (Lipinski definition) is 0. The van der Waals surface area contributed by atoms with Gasteiger partial charge in [0.2, 0.25) is 0 Å². The first-order valence-corrected chi connectivity index (χ1v) is 12.6. The highest BCUT2D eigenvalue weighted by Crippen LogP contribution is 2.25. The Bertz CT molecular complexity index is 521. The van der Waals surface area contributed by atoms with Gasteiger partial charge in [0.15, 0.2) is 0 Å². The lowest BCUT2D eigenvalue weighted by atomic mass is 10.1. The van der Waals surface area contributed by atoms with Gasteiger partial charge in [-0.15, -0.1) is 0 Å². The van der Waals surface area contributed by atoms with E-state index in [0.717, 1.165) is 65.3 Å². The topological polar surface area (TPSA) is 61.9 Å². The first-order chi connectivity index (χ1) is 15.8. The van der Waals surface area contributed by atoms with E-state index in [1.54, 1.807) is 21.3 Å². The summed E-state index contributed by atoms with van der Waals surface area (Å²) in [5, 5.41) is 0. The molecule has 2 aliphatic heterocycles. The molecule has 0 aromatic rings. The number of methoxy groups -OCH3 is 3. The summed E-state index contributed by atoms with van der Waals surface area (Å²) in [6.45, 7) is 15.8. The van der Waals surface area contributed by atoms with E-state index in [9.17, 15) is 0 Å². The van der Waals surface area contributed by atoms with E-state index in [0.29, 0.717) is 25.3 Å². The largest absolute Gasteiger partial charge is 0.383 e. The third-order valence-electron chi connectivity index (χ3n) is 6.82. The molecule has 2 aliphatic rings. The smallest absolute Gasteiger partial charge is 0.0717 e. The van der Waals surface area contributed by atoms with Crippen molar-refractivity contribution >= 4 is 0 Å². The van der Waals surface area contributed by atoms with Crippen molar-refractivity contribution in [2.75, 3.05) is 80.5 Å². The van der Waals surface area contributed by atoms with Gasteiger partial charge >= 0.3 is 0 Å². The Balaban J connectivity index is 1.74. The standard InChI is InChI=1S/C25H50N2O6/c1-20(2)32-18-21-15-24(17-27(21)10-13-29-6)31-11-8-25(3,4)33-19-22-14-23(30-7)16-26(22)9-12-28-5/h20-24H,8-19H2,1-7H3/t21?,22-,23+,24?/m0/s1. The number of nitrogens with zero attached hydrogens (tertiary/aromatic N) is 2. The molecular weight excluding hydrogens is 424 g/mol. The molecule has 8 heteroatoms. The highest BCUT2D eigenvalue weighted by Gasteiger charge is 2.35. The van der Waals surface area contributed by atoms with Gasteiger partial charge in [0.05, 0.1) is 50.3 Å². The molecule has 0 aliphatic carbocycles. The maximum atomic E-state index is 6.38. The average Bonchev–Trinajstić information content (AvgIpc) is 3.36. The third-order valence-corrected chi connectivity index (χ3v) is 6.82. The molecular formula is C25H50N2O6. The molecule has 4 atom stereocenters. The fourth-order valence-electron chi connectivity index (χ4n) is 4.65. The van der Waals surface area contributed by atoms with Crippen LogP contribution in [-0.2, 0) is 28.4 Å². The van der Waals surface area contributed by atoms with Gasteiger partial charge < -0.3 is 28.4 Å². The second-order valence-corrected chi connectivity index (χ2v) is 10.3. The van der Waals surface area contributed by atoms with Crippen LogP contribution >= 0.6 is 0 Å². The number of hydrogen-bond acceptors (Lipinski definition) is 8. The van der Waals surface area contributed by atoms with Crippen LogP contribution in [0, 0.1) is 0 Å². The lowest BCUT2D eigenvalue weighted by Crippen LogP contribution is -2.39. The summed E-state index contributed by atoms with van der Waals surface area (Å²) in [7, 11) is 5.30. The molecule has 2 unspecified atom stereocenters. The predicted molar refractivity (Wildman–Crippen MR) is 130 cm³/mol. The summed E-state index contributed by atoms with van der Waals surface area (Å²) in [6.07, 6.45) is 3.64. The Morgan fingerprint density at radius 3 is 1.97 bits per heavy atom. The fourth-order valence-corrected chi connectivity index (χ4v) is 4.65. The summed E-state index contributed by atoms with van der Waals surface area (Å²) in [5.74, 6) is 0. The fraction of sp³-hybridized carbons (Fsp3) is 1.00. The molecule has 196 valence electrons. The van der Waals surface area contributed by atoms with Crippen molar-refractivity contribution in [2.45, 2.75) is 83.0 Å². The maximum Gasteiger partial charge on any atom is 0.0717 e. The molecule has 0 radical (unpaired) electrons. The second-order valence-electron chi connectivity index (χ2n) is 10.3. The average molecular weight is 475 g/mol. The lowest BCUT2D eigenvalue weighted by Gasteiger charge is -2.30. The minimum Gasteiger partial charge on any atom is -0.383 e. The van der Waals surface area contributed by atoms with E-state index in [1.165, 1.54) is 0 Å². The molecule has 0 aromatic heterocycles. The zero-order valence-corrected chi connectivity index (χ0v) is 22.2. The molecule has 0 bridgehead atoms. The highest BCUT2D eigenvalue weighted by molar-refractivity contribution is 4.88. The van der Waals surface area contributed by atoms with Crippen LogP contribution in [0.25, 0.3) is 0 Å². The zero-order chi connectivity index (χ0) is 24.3. The first-order valence-electron chi connectivity index (χ1n) is 12.6. The number of likely N-dealkylation sites (tertiary alicyclic amines) is 2. The summed E-state index contributed by atoms with van der Waals surface area (Å²) < 4.78 is 34.7. The van der Waals surface area contributed by atoms with Crippen molar-refractivity contribution in [3.8, 4) is 0 Å². The van der Waals surface area contributed by atoms with Crippen LogP contribution < -0.4 is 0 Å². The summed E-state index contributed by atoms with van der Waals surface area (Å²) in [5.41, 5.74) is -0.230. The van der Waals surface area contributed by atoms with Crippen LogP contribution in [0.1, 0.15) is 47.0 Å². The highest BCUT2D eigenvalue weighted by atomic mass is 16.5. The molecule has 0 aromatic carbocycles. The van der Waals surface area contributed by atoms with E-state index < -0.39 is 0 Å². The molecule has 2 heterocycles. The first kappa shape index (κ1) is 28.9. The van der Waals surface area contributed by atoms with Crippen molar-refractivity contribution < 1.29 is 28.4 Å². The van der Waals surface area contributed by atoms with E-state index in [2.05, 4.69) is 37.5 Å². The van der Waals surface area contributed by atoms with Gasteiger partial charge in [-0.2, -0.15) is 0 Å². The zero-order valence-electron chi connectivity index (χ0n) is 22.2. The van der Waals surface area contributed by atoms with Gasteiger partial charge in [-0.3, -0.25) is 9.80 Å². The normalized spacial score (nSPS) is 27.3. The summed E-state index contributed by atoms with van der Waals surface area (Å²) in [6, 6.07) is 0.766. The van der Waals surface area contributed by atoms with E-state index >= 15 is 0 Å². The Morgan fingerprint density at radius 2 is 1.39 bits per heavy atom. The summed E-state index contributed by atoms with van der Waals surface area (Å²) in [4.78, 5) is 4.87. The maximum absolute atomic E-state index is 6.38. The molecule has 0 N–H and O–H groups in total. The molecule has 33 heavy (non-hydrogen) atoms. The molecule has 0 saturated carbocycles. The predicted octanol–water partition coefficient (Wildman–Crippen LogP) is 2.44. The molecule has 0 amide bonds. The molecule has 2 saturated heterocycles. The van der Waals surface area contributed by atoms with Gasteiger partial charge in [0.25, 0.3) is 0 Å². The SMILES string of the molecule is COCCN1CC(OCCC(C)(C)OC[C@@H]2C[C@@H](OC)CN2CCOC)CC1COC(C)C. The third kappa shape index (κ3) is 10.4. The molecule has 2 fully saturated rings. The van der Waals surface area contributed by atoms with Gasteiger partial charge in [0, 0.05) is 66.2 Å². The second kappa shape index (κ2) is 14.9. The summed E-state index contributed by atoms with van der Waals surface area (Å²) >= 11 is 0. The van der Waals surface area contributed by atoms with E-state index in [1.807, 2.05) is 0 Å². The van der Waals surface area contributed by atoms with Crippen molar-refractivity contribution in [1.29, 1.82) is 0 Å². The van der Waals surface area contributed by atoms with Gasteiger partial charge in [-0.25, -0.2) is 0 Å². The molecule has 2 rings (SSSR count). The lowest BCUT2D eigenvalue weighted by molar-refractivity contribution is -0.0662. The van der Waals surface area contributed by atoms with Crippen LogP contribution in [0.5, 0.6) is 0 Å². The van der Waals surface area contributed by atoms with Crippen molar-refractivity contribution in [2.24, 2.45) is 0 Å². The Kier molecular flexibility index (Phi) is 13.1.